The molecule has 0 saturated carbocycles. The topological polar surface area (TPSA) is 8.17 Å². The van der Waals surface area contributed by atoms with Crippen LogP contribution in [-0.2, 0) is 10.8 Å². The molecule has 2 spiro atoms. The Labute approximate surface area is 454 Å². The number of nitrogens with zero attached hydrogens (tertiary/aromatic N) is 2. The van der Waals surface area contributed by atoms with Gasteiger partial charge in [0.25, 0.3) is 0 Å². The fourth-order valence-electron chi connectivity index (χ4n) is 15.1. The first kappa shape index (κ1) is 43.5. The van der Waals surface area contributed by atoms with Crippen molar-refractivity contribution in [1.29, 1.82) is 0 Å². The molecule has 12 aromatic carbocycles. The smallest absolute Gasteiger partial charge is 0.0754 e. The Balaban J connectivity index is 0.877. The lowest BCUT2D eigenvalue weighted by Crippen LogP contribution is -2.33. The number of aromatic nitrogens is 1. The van der Waals surface area contributed by atoms with Crippen molar-refractivity contribution in [2.24, 2.45) is 0 Å². The highest BCUT2D eigenvalue weighted by molar-refractivity contribution is 6.13. The van der Waals surface area contributed by atoms with Gasteiger partial charge in [-0.05, 0) is 169 Å². The third-order valence-corrected chi connectivity index (χ3v) is 18.1. The first-order chi connectivity index (χ1) is 38.5. The first-order valence-electron chi connectivity index (χ1n) is 27.4. The van der Waals surface area contributed by atoms with Crippen LogP contribution in [0.25, 0.3) is 83.1 Å². The fourth-order valence-corrected chi connectivity index (χ4v) is 15.1. The van der Waals surface area contributed by atoms with Gasteiger partial charge in [0, 0.05) is 27.7 Å². The lowest BCUT2D eigenvalue weighted by atomic mass is 9.65. The Morgan fingerprint density at radius 2 is 0.782 bits per heavy atom. The Morgan fingerprint density at radius 1 is 0.295 bits per heavy atom. The van der Waals surface area contributed by atoms with Crippen LogP contribution in [0.4, 0.5) is 17.1 Å². The molecule has 0 N–H and O–H groups in total. The second-order valence-corrected chi connectivity index (χ2v) is 22.0. The van der Waals surface area contributed by atoms with Gasteiger partial charge in [0.15, 0.2) is 0 Å². The van der Waals surface area contributed by atoms with Crippen molar-refractivity contribution in [3.05, 3.63) is 323 Å². The average Bonchev–Trinajstić information content (AvgIpc) is 4.16. The van der Waals surface area contributed by atoms with Gasteiger partial charge in [0.05, 0.1) is 33.2 Å². The number of aryl methyl sites for hydroxylation is 2. The van der Waals surface area contributed by atoms with E-state index in [0.717, 1.165) is 17.1 Å². The second kappa shape index (κ2) is 15.9. The molecule has 1 aromatic heterocycles. The lowest BCUT2D eigenvalue weighted by Gasteiger charge is -2.40. The molecule has 2 heteroatoms. The van der Waals surface area contributed by atoms with Gasteiger partial charge in [0.1, 0.15) is 0 Å². The molecule has 4 aliphatic rings. The molecule has 1 aliphatic heterocycles. The van der Waals surface area contributed by atoms with E-state index in [0.29, 0.717) is 0 Å². The summed E-state index contributed by atoms with van der Waals surface area (Å²) in [5.41, 5.74) is 31.8. The predicted molar refractivity (Wildman–Crippen MR) is 323 cm³/mol. The number of hydrogen-bond acceptors (Lipinski definition) is 1. The first-order valence-corrected chi connectivity index (χ1v) is 27.4. The van der Waals surface area contributed by atoms with E-state index in [1.54, 1.807) is 0 Å². The fraction of sp³-hybridized carbons (Fsp3) is 0.0526. The number of para-hydroxylation sites is 1. The Morgan fingerprint density at radius 3 is 1.38 bits per heavy atom. The molecule has 0 bridgehead atoms. The van der Waals surface area contributed by atoms with Crippen molar-refractivity contribution in [1.82, 2.24) is 4.57 Å². The maximum Gasteiger partial charge on any atom is 0.0754 e. The zero-order chi connectivity index (χ0) is 51.4. The molecule has 78 heavy (non-hydrogen) atoms. The van der Waals surface area contributed by atoms with Crippen LogP contribution in [0.3, 0.4) is 0 Å². The molecule has 13 aromatic rings. The molecule has 0 amide bonds. The zero-order valence-corrected chi connectivity index (χ0v) is 43.3. The van der Waals surface area contributed by atoms with Gasteiger partial charge in [0.2, 0.25) is 0 Å². The van der Waals surface area contributed by atoms with Gasteiger partial charge >= 0.3 is 0 Å². The van der Waals surface area contributed by atoms with Crippen molar-refractivity contribution in [3.8, 4) is 61.3 Å². The summed E-state index contributed by atoms with van der Waals surface area (Å²) in [5, 5.41) is 2.62. The molecule has 2 heterocycles. The van der Waals surface area contributed by atoms with Crippen LogP contribution in [0.1, 0.15) is 55.6 Å². The average molecular weight is 991 g/mol. The molecule has 3 aliphatic carbocycles. The number of fused-ring (bicyclic) bond motifs is 22. The molecular formula is C76H50N2. The number of hydrogen-bond donors (Lipinski definition) is 0. The van der Waals surface area contributed by atoms with Gasteiger partial charge in [-0.25, -0.2) is 0 Å². The summed E-state index contributed by atoms with van der Waals surface area (Å²) < 4.78 is 2.57. The van der Waals surface area contributed by atoms with Crippen molar-refractivity contribution in [3.63, 3.8) is 0 Å². The van der Waals surface area contributed by atoms with Crippen LogP contribution >= 0.6 is 0 Å². The SMILES string of the molecule is Cc1ccc2c(c1)c1cc(C)cc3c1n2-c1ccc(-c2ccc(N(c4ccc5c(c4)C4(c6ccccc6-c6ccccc64)c4ccccc4-5)c4ccccc4-c4ccccc4)cc2)cc1C31c2ccccc2-c2ccccc21. The van der Waals surface area contributed by atoms with Gasteiger partial charge in [-0.15, -0.1) is 0 Å². The second-order valence-electron chi connectivity index (χ2n) is 22.0. The highest BCUT2D eigenvalue weighted by Gasteiger charge is 2.53. The summed E-state index contributed by atoms with van der Waals surface area (Å²) in [6, 6.07) is 101. The summed E-state index contributed by atoms with van der Waals surface area (Å²) >= 11 is 0. The highest BCUT2D eigenvalue weighted by Crippen LogP contribution is 2.65. The van der Waals surface area contributed by atoms with Crippen molar-refractivity contribution in [2.45, 2.75) is 24.7 Å². The number of anilines is 3. The summed E-state index contributed by atoms with van der Waals surface area (Å²) in [6.07, 6.45) is 0. The molecule has 0 unspecified atom stereocenters. The molecule has 2 nitrogen and oxygen atoms in total. The Hall–Kier alpha value is -9.76. The van der Waals surface area contributed by atoms with Crippen LogP contribution in [0, 0.1) is 13.8 Å². The van der Waals surface area contributed by atoms with Crippen LogP contribution in [-0.4, -0.2) is 4.57 Å². The quantitative estimate of drug-likeness (QED) is 0.167. The highest BCUT2D eigenvalue weighted by atomic mass is 15.1. The number of benzene rings is 12. The summed E-state index contributed by atoms with van der Waals surface area (Å²) in [5.74, 6) is 0. The van der Waals surface area contributed by atoms with E-state index in [2.05, 4.69) is 290 Å². The third-order valence-electron chi connectivity index (χ3n) is 18.1. The third kappa shape index (κ3) is 5.56. The minimum absolute atomic E-state index is 0.468. The summed E-state index contributed by atoms with van der Waals surface area (Å²) in [7, 11) is 0. The minimum Gasteiger partial charge on any atom is -0.310 e. The van der Waals surface area contributed by atoms with Gasteiger partial charge in [-0.2, -0.15) is 0 Å². The largest absolute Gasteiger partial charge is 0.310 e. The van der Waals surface area contributed by atoms with Crippen LogP contribution in [0.15, 0.2) is 267 Å². The molecule has 0 radical (unpaired) electrons. The van der Waals surface area contributed by atoms with Gasteiger partial charge in [-0.3, -0.25) is 0 Å². The van der Waals surface area contributed by atoms with Crippen LogP contribution in [0.2, 0.25) is 0 Å². The standard InChI is InChI=1S/C76H50N2/c1-47-32-40-72-61(42-47)62-43-48(2)44-70-74(62)78(72)73-41-35-51(45-69(73)76(70)66-29-15-8-23-57(66)58-24-9-16-30-67(58)76)49-33-36-52(37-34-49)77(71-31-17-11-20-54(71)50-18-4-3-5-19-50)53-38-39-60-59-25-10-14-28-65(59)75(68(60)46-53)63-26-12-6-21-55(63)56-22-7-13-27-64(56)75/h3-46H,1-2H3. The van der Waals surface area contributed by atoms with Crippen molar-refractivity contribution in [2.75, 3.05) is 4.90 Å². The van der Waals surface area contributed by atoms with Gasteiger partial charge in [-0.1, -0.05) is 217 Å². The van der Waals surface area contributed by atoms with E-state index in [-0.39, 0.29) is 0 Å². The van der Waals surface area contributed by atoms with E-state index in [1.807, 2.05) is 0 Å². The van der Waals surface area contributed by atoms with Crippen molar-refractivity contribution < 1.29 is 0 Å². The molecule has 0 saturated heterocycles. The van der Waals surface area contributed by atoms with Crippen LogP contribution < -0.4 is 4.90 Å². The van der Waals surface area contributed by atoms with Crippen LogP contribution in [0.5, 0.6) is 0 Å². The summed E-state index contributed by atoms with van der Waals surface area (Å²) in [6.45, 7) is 4.49. The molecule has 364 valence electrons. The molecule has 0 fully saturated rings. The zero-order valence-electron chi connectivity index (χ0n) is 43.3. The van der Waals surface area contributed by atoms with Crippen molar-refractivity contribution >= 4 is 38.9 Å². The molecular weight excluding hydrogens is 941 g/mol. The maximum absolute atomic E-state index is 2.57. The minimum atomic E-state index is -0.537. The van der Waals surface area contributed by atoms with E-state index in [1.165, 1.54) is 139 Å². The summed E-state index contributed by atoms with van der Waals surface area (Å²) in [4.78, 5) is 2.49. The molecule has 17 rings (SSSR count). The van der Waals surface area contributed by atoms with E-state index in [4.69, 9.17) is 0 Å². The lowest BCUT2D eigenvalue weighted by molar-refractivity contribution is 0.748. The normalized spacial score (nSPS) is 14.0. The molecule has 0 atom stereocenters. The predicted octanol–water partition coefficient (Wildman–Crippen LogP) is 19.2. The van der Waals surface area contributed by atoms with E-state index < -0.39 is 10.8 Å². The Bertz CT molecular complexity index is 4600. The Kier molecular flexibility index (Phi) is 8.86. The number of rotatable bonds is 5. The monoisotopic (exact) mass is 990 g/mol. The maximum atomic E-state index is 2.57. The van der Waals surface area contributed by atoms with E-state index >= 15 is 0 Å². The van der Waals surface area contributed by atoms with Gasteiger partial charge < -0.3 is 9.47 Å². The van der Waals surface area contributed by atoms with E-state index in [9.17, 15) is 0 Å².